The summed E-state index contributed by atoms with van der Waals surface area (Å²) in [6.45, 7) is 9.36. The second-order valence-electron chi connectivity index (χ2n) is 10.1. The maximum absolute atomic E-state index is 13.0. The zero-order valence-electron chi connectivity index (χ0n) is 20.6. The summed E-state index contributed by atoms with van der Waals surface area (Å²) in [4.78, 5) is 33.5. The average Bonchev–Trinajstić information content (AvgIpc) is 3.50. The molecule has 4 rings (SSSR count). The molecule has 1 aromatic carbocycles. The van der Waals surface area contributed by atoms with Gasteiger partial charge in [0.25, 0.3) is 0 Å². The molecule has 2 aliphatic rings. The molecule has 0 radical (unpaired) electrons. The number of hydrogen-bond donors (Lipinski definition) is 1. The Bertz CT molecular complexity index is 974. The van der Waals surface area contributed by atoms with E-state index in [4.69, 9.17) is 4.52 Å². The second-order valence-corrected chi connectivity index (χ2v) is 10.1. The number of hydrogen-bond acceptors (Lipinski definition) is 6. The molecule has 0 bridgehead atoms. The number of amides is 2. The van der Waals surface area contributed by atoms with Crippen LogP contribution in [0.5, 0.6) is 0 Å². The molecule has 1 aliphatic heterocycles. The van der Waals surface area contributed by atoms with Crippen LogP contribution in [-0.4, -0.2) is 64.0 Å². The lowest BCUT2D eigenvalue weighted by atomic mass is 10.0. The second kappa shape index (κ2) is 11.1. The monoisotopic (exact) mass is 467 g/mol. The van der Waals surface area contributed by atoms with Gasteiger partial charge >= 0.3 is 0 Å². The third-order valence-corrected chi connectivity index (χ3v) is 6.80. The zero-order chi connectivity index (χ0) is 24.1. The Kier molecular flexibility index (Phi) is 7.98. The molecule has 2 aromatic rings. The van der Waals surface area contributed by atoms with Crippen molar-refractivity contribution in [1.82, 2.24) is 25.3 Å². The molecular formula is C26H37N5O3. The predicted octanol–water partition coefficient (Wildman–Crippen LogP) is 3.59. The van der Waals surface area contributed by atoms with Gasteiger partial charge in [-0.25, -0.2) is 0 Å². The summed E-state index contributed by atoms with van der Waals surface area (Å²) in [6, 6.07) is 7.88. The first-order valence-corrected chi connectivity index (χ1v) is 12.6. The van der Waals surface area contributed by atoms with E-state index >= 15 is 0 Å². The van der Waals surface area contributed by atoms with Crippen LogP contribution in [0.4, 0.5) is 0 Å². The van der Waals surface area contributed by atoms with E-state index in [1.165, 1.54) is 25.3 Å². The van der Waals surface area contributed by atoms with Crippen LogP contribution in [0.1, 0.15) is 70.2 Å². The lowest BCUT2D eigenvalue weighted by Crippen LogP contribution is -2.54. The van der Waals surface area contributed by atoms with Gasteiger partial charge in [-0.3, -0.25) is 14.5 Å². The summed E-state index contributed by atoms with van der Waals surface area (Å²) in [5.41, 5.74) is 2.17. The highest BCUT2D eigenvalue weighted by Crippen LogP contribution is 2.34. The Morgan fingerprint density at radius 3 is 2.56 bits per heavy atom. The van der Waals surface area contributed by atoms with E-state index in [-0.39, 0.29) is 11.8 Å². The van der Waals surface area contributed by atoms with E-state index in [1.807, 2.05) is 17.0 Å². The standard InChI is InChI=1S/C26H37N5O3/c1-18(2)15-23(27-19(3)32)26(33)31-13-11-30(12-14-31)17-20-7-6-10-22(16-20)24-28-25(34-29-24)21-8-4-5-9-21/h6-7,10,16,18,21,23H,4-5,8-9,11-15,17H2,1-3H3,(H,27,32)/t23-/m1/s1. The van der Waals surface area contributed by atoms with Crippen LogP contribution in [0.3, 0.4) is 0 Å². The SMILES string of the molecule is CC(=O)N[C@H](CC(C)C)C(=O)N1CCN(Cc2cccc(-c3noc(C4CCCC4)n3)c2)CC1. The van der Waals surface area contributed by atoms with E-state index in [2.05, 4.69) is 46.3 Å². The van der Waals surface area contributed by atoms with Gasteiger partial charge in [0.05, 0.1) is 0 Å². The molecule has 1 aliphatic carbocycles. The number of rotatable bonds is 8. The highest BCUT2D eigenvalue weighted by atomic mass is 16.5. The third-order valence-electron chi connectivity index (χ3n) is 6.80. The van der Waals surface area contributed by atoms with Crippen LogP contribution in [0.2, 0.25) is 0 Å². The topological polar surface area (TPSA) is 91.6 Å². The van der Waals surface area contributed by atoms with Crippen LogP contribution >= 0.6 is 0 Å². The number of nitrogens with one attached hydrogen (secondary N) is 1. The number of carbonyl (C=O) groups excluding carboxylic acids is 2. The molecule has 1 N–H and O–H groups in total. The summed E-state index contributed by atoms with van der Waals surface area (Å²) >= 11 is 0. The van der Waals surface area contributed by atoms with Crippen molar-refractivity contribution in [1.29, 1.82) is 0 Å². The predicted molar refractivity (Wildman–Crippen MR) is 130 cm³/mol. The fourth-order valence-corrected chi connectivity index (χ4v) is 5.04. The lowest BCUT2D eigenvalue weighted by Gasteiger charge is -2.36. The van der Waals surface area contributed by atoms with Crippen LogP contribution in [0.25, 0.3) is 11.4 Å². The van der Waals surface area contributed by atoms with Crippen molar-refractivity contribution >= 4 is 11.8 Å². The molecule has 0 unspecified atom stereocenters. The van der Waals surface area contributed by atoms with E-state index in [9.17, 15) is 9.59 Å². The van der Waals surface area contributed by atoms with Crippen LogP contribution in [0, 0.1) is 5.92 Å². The van der Waals surface area contributed by atoms with Crippen LogP contribution < -0.4 is 5.32 Å². The number of benzene rings is 1. The molecular weight excluding hydrogens is 430 g/mol. The maximum Gasteiger partial charge on any atom is 0.245 e. The van der Waals surface area contributed by atoms with Gasteiger partial charge in [-0.15, -0.1) is 0 Å². The van der Waals surface area contributed by atoms with Gasteiger partial charge < -0.3 is 14.7 Å². The van der Waals surface area contributed by atoms with Crippen molar-refractivity contribution in [3.63, 3.8) is 0 Å². The Labute approximate surface area is 202 Å². The minimum Gasteiger partial charge on any atom is -0.345 e. The maximum atomic E-state index is 13.0. The number of aromatic nitrogens is 2. The zero-order valence-corrected chi connectivity index (χ0v) is 20.6. The minimum absolute atomic E-state index is 0.0284. The Balaban J connectivity index is 1.33. The molecule has 1 saturated heterocycles. The summed E-state index contributed by atoms with van der Waals surface area (Å²) in [5.74, 6) is 2.05. The van der Waals surface area contributed by atoms with Crippen molar-refractivity contribution in [3.8, 4) is 11.4 Å². The Morgan fingerprint density at radius 1 is 1.15 bits per heavy atom. The van der Waals surface area contributed by atoms with Crippen molar-refractivity contribution in [2.75, 3.05) is 26.2 Å². The molecule has 8 nitrogen and oxygen atoms in total. The van der Waals surface area contributed by atoms with E-state index in [1.54, 1.807) is 0 Å². The summed E-state index contributed by atoms with van der Waals surface area (Å²) in [5, 5.41) is 7.07. The first kappa shape index (κ1) is 24.4. The highest BCUT2D eigenvalue weighted by Gasteiger charge is 2.29. The lowest BCUT2D eigenvalue weighted by molar-refractivity contribution is -0.138. The Morgan fingerprint density at radius 2 is 1.88 bits per heavy atom. The van der Waals surface area contributed by atoms with Gasteiger partial charge in [-0.2, -0.15) is 4.98 Å². The van der Waals surface area contributed by atoms with Crippen LogP contribution in [-0.2, 0) is 16.1 Å². The van der Waals surface area contributed by atoms with E-state index < -0.39 is 6.04 Å². The van der Waals surface area contributed by atoms with E-state index in [0.717, 1.165) is 43.9 Å². The molecule has 2 heterocycles. The van der Waals surface area contributed by atoms with Gasteiger partial charge in [0.1, 0.15) is 6.04 Å². The molecule has 2 fully saturated rings. The fourth-order valence-electron chi connectivity index (χ4n) is 5.04. The van der Waals surface area contributed by atoms with Crippen LogP contribution in [0.15, 0.2) is 28.8 Å². The van der Waals surface area contributed by atoms with Gasteiger partial charge in [0.15, 0.2) is 0 Å². The average molecular weight is 468 g/mol. The quantitative estimate of drug-likeness (QED) is 0.638. The number of carbonyl (C=O) groups is 2. The van der Waals surface area contributed by atoms with Crippen molar-refractivity contribution < 1.29 is 14.1 Å². The summed E-state index contributed by atoms with van der Waals surface area (Å²) in [6.07, 6.45) is 5.41. The summed E-state index contributed by atoms with van der Waals surface area (Å²) in [7, 11) is 0. The molecule has 2 amide bonds. The third kappa shape index (κ3) is 6.23. The first-order valence-electron chi connectivity index (χ1n) is 12.6. The summed E-state index contributed by atoms with van der Waals surface area (Å²) < 4.78 is 5.56. The smallest absolute Gasteiger partial charge is 0.245 e. The fraction of sp³-hybridized carbons (Fsp3) is 0.615. The molecule has 184 valence electrons. The van der Waals surface area contributed by atoms with Crippen molar-refractivity contribution in [2.45, 2.75) is 71.4 Å². The minimum atomic E-state index is -0.440. The molecule has 0 spiro atoms. The van der Waals surface area contributed by atoms with Gasteiger partial charge in [-0.1, -0.05) is 50.0 Å². The number of piperazine rings is 1. The van der Waals surface area contributed by atoms with Crippen molar-refractivity contribution in [3.05, 3.63) is 35.7 Å². The largest absolute Gasteiger partial charge is 0.345 e. The van der Waals surface area contributed by atoms with Gasteiger partial charge in [0.2, 0.25) is 23.5 Å². The molecule has 1 aromatic heterocycles. The molecule has 1 saturated carbocycles. The number of nitrogens with zero attached hydrogens (tertiary/aromatic N) is 4. The Hall–Kier alpha value is -2.74. The molecule has 8 heteroatoms. The molecule has 34 heavy (non-hydrogen) atoms. The molecule has 1 atom stereocenters. The van der Waals surface area contributed by atoms with Gasteiger partial charge in [-0.05, 0) is 36.8 Å². The van der Waals surface area contributed by atoms with Crippen molar-refractivity contribution in [2.24, 2.45) is 5.92 Å². The highest BCUT2D eigenvalue weighted by molar-refractivity contribution is 5.87. The van der Waals surface area contributed by atoms with E-state index in [0.29, 0.717) is 37.2 Å². The normalized spacial score (nSPS) is 18.4. The first-order chi connectivity index (χ1) is 16.4. The van der Waals surface area contributed by atoms with Gasteiger partial charge in [0, 0.05) is 51.1 Å².